The molecule has 0 aliphatic rings. The number of aliphatic hydroxyl groups excluding tert-OH is 2. The largest absolute Gasteiger partial charge is 0.394 e. The van der Waals surface area contributed by atoms with Gasteiger partial charge in [-0.15, -0.1) is 0 Å². The standard InChI is InChI=1S/C16H19NO5S/c1-12-7-8-13(17-10-14(19)11-18)9-16(12)23(20,21)22-15-5-3-2-4-6-15/h2-9,14,17-19H,10-11H2,1H3. The van der Waals surface area contributed by atoms with Gasteiger partial charge in [-0.3, -0.25) is 0 Å². The van der Waals surface area contributed by atoms with Crippen LogP contribution in [0, 0.1) is 6.92 Å². The summed E-state index contributed by atoms with van der Waals surface area (Å²) >= 11 is 0. The number of hydrogen-bond donors (Lipinski definition) is 3. The van der Waals surface area contributed by atoms with Crippen LogP contribution in [-0.4, -0.2) is 37.9 Å². The number of benzene rings is 2. The van der Waals surface area contributed by atoms with Gasteiger partial charge >= 0.3 is 10.1 Å². The highest BCUT2D eigenvalue weighted by Crippen LogP contribution is 2.24. The molecule has 7 heteroatoms. The Kier molecular flexibility index (Phi) is 5.59. The lowest BCUT2D eigenvalue weighted by Crippen LogP contribution is -2.23. The highest BCUT2D eigenvalue weighted by atomic mass is 32.2. The van der Waals surface area contributed by atoms with Gasteiger partial charge in [-0.1, -0.05) is 24.3 Å². The van der Waals surface area contributed by atoms with Crippen LogP contribution in [-0.2, 0) is 10.1 Å². The Morgan fingerprint density at radius 2 is 1.87 bits per heavy atom. The van der Waals surface area contributed by atoms with Crippen LogP contribution < -0.4 is 9.50 Å². The van der Waals surface area contributed by atoms with E-state index in [1.807, 2.05) is 0 Å². The minimum atomic E-state index is -3.96. The Bertz CT molecular complexity index is 746. The summed E-state index contributed by atoms with van der Waals surface area (Å²) in [5, 5.41) is 21.0. The Balaban J connectivity index is 2.23. The Hall–Kier alpha value is -2.09. The molecule has 0 radical (unpaired) electrons. The fourth-order valence-corrected chi connectivity index (χ4v) is 3.12. The molecule has 0 aliphatic heterocycles. The fraction of sp³-hybridized carbons (Fsp3) is 0.250. The SMILES string of the molecule is Cc1ccc(NCC(O)CO)cc1S(=O)(=O)Oc1ccccc1. The average molecular weight is 337 g/mol. The van der Waals surface area contributed by atoms with E-state index in [-0.39, 0.29) is 23.8 Å². The third kappa shape index (κ3) is 4.69. The molecule has 0 aromatic heterocycles. The molecule has 2 aromatic carbocycles. The molecular formula is C16H19NO5S. The number of aliphatic hydroxyl groups is 2. The van der Waals surface area contributed by atoms with Crippen molar-refractivity contribution < 1.29 is 22.8 Å². The molecule has 0 fully saturated rings. The third-order valence-corrected chi connectivity index (χ3v) is 4.55. The van der Waals surface area contributed by atoms with Crippen molar-refractivity contribution in [3.63, 3.8) is 0 Å². The monoisotopic (exact) mass is 337 g/mol. The summed E-state index contributed by atoms with van der Waals surface area (Å²) in [6.45, 7) is 1.41. The van der Waals surface area contributed by atoms with Gasteiger partial charge in [0, 0.05) is 12.2 Å². The molecule has 6 nitrogen and oxygen atoms in total. The summed E-state index contributed by atoms with van der Waals surface area (Å²) in [5.41, 5.74) is 1.06. The van der Waals surface area contributed by atoms with E-state index in [1.54, 1.807) is 49.4 Å². The van der Waals surface area contributed by atoms with Crippen LogP contribution in [0.4, 0.5) is 5.69 Å². The number of rotatable bonds is 7. The predicted octanol–water partition coefficient (Wildman–Crippen LogP) is 1.53. The first-order valence-electron chi connectivity index (χ1n) is 7.05. The van der Waals surface area contributed by atoms with Gasteiger partial charge in [-0.05, 0) is 36.8 Å². The Morgan fingerprint density at radius 3 is 2.52 bits per heavy atom. The minimum absolute atomic E-state index is 0.0461. The zero-order valence-corrected chi connectivity index (χ0v) is 13.5. The van der Waals surface area contributed by atoms with Gasteiger partial charge in [0.2, 0.25) is 0 Å². The van der Waals surface area contributed by atoms with Crippen LogP contribution in [0.5, 0.6) is 5.75 Å². The summed E-state index contributed by atoms with van der Waals surface area (Å²) in [7, 11) is -3.96. The second-order valence-electron chi connectivity index (χ2n) is 5.05. The maximum atomic E-state index is 12.4. The van der Waals surface area contributed by atoms with Crippen LogP contribution in [0.15, 0.2) is 53.4 Å². The quantitative estimate of drug-likeness (QED) is 0.663. The van der Waals surface area contributed by atoms with Crippen LogP contribution in [0.3, 0.4) is 0 Å². The molecule has 0 aliphatic carbocycles. The lowest BCUT2D eigenvalue weighted by atomic mass is 10.2. The molecule has 0 heterocycles. The highest BCUT2D eigenvalue weighted by molar-refractivity contribution is 7.87. The first-order chi connectivity index (χ1) is 10.9. The van der Waals surface area contributed by atoms with Crippen molar-refractivity contribution in [1.82, 2.24) is 0 Å². The maximum Gasteiger partial charge on any atom is 0.339 e. The molecule has 0 saturated heterocycles. The van der Waals surface area contributed by atoms with E-state index in [2.05, 4.69) is 5.32 Å². The van der Waals surface area contributed by atoms with Crippen LogP contribution in [0.25, 0.3) is 0 Å². The van der Waals surface area contributed by atoms with E-state index in [0.29, 0.717) is 11.3 Å². The molecule has 0 saturated carbocycles. The number of aryl methyl sites for hydroxylation is 1. The van der Waals surface area contributed by atoms with E-state index in [4.69, 9.17) is 9.29 Å². The highest BCUT2D eigenvalue weighted by Gasteiger charge is 2.20. The predicted molar refractivity (Wildman–Crippen MR) is 87.0 cm³/mol. The lowest BCUT2D eigenvalue weighted by molar-refractivity contribution is 0.105. The van der Waals surface area contributed by atoms with Crippen LogP contribution in [0.1, 0.15) is 5.56 Å². The summed E-state index contributed by atoms with van der Waals surface area (Å²) in [5.74, 6) is 0.237. The van der Waals surface area contributed by atoms with Crippen molar-refractivity contribution in [2.24, 2.45) is 0 Å². The van der Waals surface area contributed by atoms with Crippen molar-refractivity contribution >= 4 is 15.8 Å². The molecule has 3 N–H and O–H groups in total. The topological polar surface area (TPSA) is 95.9 Å². The van der Waals surface area contributed by atoms with Crippen LogP contribution in [0.2, 0.25) is 0 Å². The normalized spacial score (nSPS) is 12.7. The second-order valence-corrected chi connectivity index (χ2v) is 6.56. The molecule has 2 aromatic rings. The zero-order valence-electron chi connectivity index (χ0n) is 12.6. The summed E-state index contributed by atoms with van der Waals surface area (Å²) < 4.78 is 30.0. The summed E-state index contributed by atoms with van der Waals surface area (Å²) in [6, 6.07) is 13.0. The number of para-hydroxylation sites is 1. The van der Waals surface area contributed by atoms with Crippen molar-refractivity contribution in [3.8, 4) is 5.75 Å². The van der Waals surface area contributed by atoms with Crippen molar-refractivity contribution in [1.29, 1.82) is 0 Å². The average Bonchev–Trinajstić information content (AvgIpc) is 2.54. The number of hydrogen-bond acceptors (Lipinski definition) is 6. The molecule has 0 bridgehead atoms. The number of anilines is 1. The van der Waals surface area contributed by atoms with Crippen molar-refractivity contribution in [2.75, 3.05) is 18.5 Å². The van der Waals surface area contributed by atoms with Crippen molar-refractivity contribution in [2.45, 2.75) is 17.9 Å². The Labute approximate surface area is 135 Å². The van der Waals surface area contributed by atoms with E-state index >= 15 is 0 Å². The first kappa shape index (κ1) is 17.3. The Morgan fingerprint density at radius 1 is 1.17 bits per heavy atom. The van der Waals surface area contributed by atoms with Crippen LogP contribution >= 0.6 is 0 Å². The van der Waals surface area contributed by atoms with Gasteiger partial charge < -0.3 is 19.7 Å². The molecule has 23 heavy (non-hydrogen) atoms. The molecule has 1 unspecified atom stereocenters. The number of nitrogens with one attached hydrogen (secondary N) is 1. The first-order valence-corrected chi connectivity index (χ1v) is 8.46. The molecule has 0 spiro atoms. The lowest BCUT2D eigenvalue weighted by Gasteiger charge is -2.13. The molecule has 2 rings (SSSR count). The summed E-state index contributed by atoms with van der Waals surface area (Å²) in [4.78, 5) is 0.0461. The van der Waals surface area contributed by atoms with Gasteiger partial charge in [0.25, 0.3) is 0 Å². The van der Waals surface area contributed by atoms with E-state index in [0.717, 1.165) is 0 Å². The fourth-order valence-electron chi connectivity index (χ4n) is 1.93. The maximum absolute atomic E-state index is 12.4. The van der Waals surface area contributed by atoms with E-state index in [1.165, 1.54) is 6.07 Å². The minimum Gasteiger partial charge on any atom is -0.394 e. The molecule has 124 valence electrons. The molecule has 1 atom stereocenters. The van der Waals surface area contributed by atoms with Gasteiger partial charge in [0.05, 0.1) is 12.7 Å². The van der Waals surface area contributed by atoms with Gasteiger partial charge in [0.1, 0.15) is 10.6 Å². The van der Waals surface area contributed by atoms with E-state index < -0.39 is 16.2 Å². The second kappa shape index (κ2) is 7.45. The molecule has 0 amide bonds. The van der Waals surface area contributed by atoms with Crippen molar-refractivity contribution in [3.05, 3.63) is 54.1 Å². The van der Waals surface area contributed by atoms with Gasteiger partial charge in [0.15, 0.2) is 0 Å². The van der Waals surface area contributed by atoms with Gasteiger partial charge in [-0.2, -0.15) is 8.42 Å². The zero-order chi connectivity index (χ0) is 16.9. The molecular weight excluding hydrogens is 318 g/mol. The third-order valence-electron chi connectivity index (χ3n) is 3.16. The van der Waals surface area contributed by atoms with E-state index in [9.17, 15) is 13.5 Å². The van der Waals surface area contributed by atoms with Gasteiger partial charge in [-0.25, -0.2) is 0 Å². The smallest absolute Gasteiger partial charge is 0.339 e. The summed E-state index contributed by atoms with van der Waals surface area (Å²) in [6.07, 6.45) is -0.920.